The Morgan fingerprint density at radius 1 is 1.17 bits per heavy atom. The third-order valence-electron chi connectivity index (χ3n) is 1.96. The molecule has 0 saturated carbocycles. The van der Waals surface area contributed by atoms with Gasteiger partial charge in [0.05, 0.1) is 6.07 Å². The smallest absolute Gasteiger partial charge is 0.226 e. The zero-order chi connectivity index (χ0) is 12.8. The Labute approximate surface area is 103 Å². The first kappa shape index (κ1) is 11.9. The van der Waals surface area contributed by atoms with E-state index in [0.717, 1.165) is 0 Å². The van der Waals surface area contributed by atoms with Gasteiger partial charge in [0.15, 0.2) is 6.61 Å². The highest BCUT2D eigenvalue weighted by atomic mass is 19.1. The Hall–Kier alpha value is -2.61. The molecule has 0 radical (unpaired) electrons. The molecule has 0 amide bonds. The molecule has 5 heteroatoms. The van der Waals surface area contributed by atoms with Crippen LogP contribution >= 0.6 is 0 Å². The van der Waals surface area contributed by atoms with Gasteiger partial charge in [0.25, 0.3) is 0 Å². The molecular weight excluding hydrogens is 235 g/mol. The molecule has 0 aliphatic heterocycles. The maximum atomic E-state index is 12.7. The molecule has 2 rings (SSSR count). The van der Waals surface area contributed by atoms with E-state index >= 15 is 0 Å². The Morgan fingerprint density at radius 3 is 2.61 bits per heavy atom. The van der Waals surface area contributed by atoms with Crippen LogP contribution in [0.4, 0.5) is 4.39 Å². The minimum atomic E-state index is -0.330. The van der Waals surface area contributed by atoms with Crippen LogP contribution in [-0.4, -0.2) is 16.6 Å². The van der Waals surface area contributed by atoms with Gasteiger partial charge >= 0.3 is 0 Å². The summed E-state index contributed by atoms with van der Waals surface area (Å²) in [4.78, 5) is 7.77. The van der Waals surface area contributed by atoms with Gasteiger partial charge in [-0.05, 0) is 24.3 Å². The molecule has 0 fully saturated rings. The number of nitrogens with zero attached hydrogens (tertiary/aromatic N) is 2. The SMILES string of the molecule is C#CCOc1cc(Oc2ccc(F)cc2)ncn1. The van der Waals surface area contributed by atoms with Crippen LogP contribution in [0, 0.1) is 18.2 Å². The fraction of sp³-hybridized carbons (Fsp3) is 0.0769. The fourth-order valence-electron chi connectivity index (χ4n) is 1.20. The van der Waals surface area contributed by atoms with Gasteiger partial charge in [-0.2, -0.15) is 0 Å². The van der Waals surface area contributed by atoms with E-state index in [0.29, 0.717) is 17.5 Å². The molecule has 0 aliphatic carbocycles. The van der Waals surface area contributed by atoms with Gasteiger partial charge in [-0.25, -0.2) is 14.4 Å². The molecule has 0 atom stereocenters. The summed E-state index contributed by atoms with van der Waals surface area (Å²) < 4.78 is 23.2. The van der Waals surface area contributed by atoms with Crippen LogP contribution in [0.5, 0.6) is 17.5 Å². The first-order valence-corrected chi connectivity index (χ1v) is 5.09. The molecule has 0 bridgehead atoms. The summed E-state index contributed by atoms with van der Waals surface area (Å²) in [5.74, 6) is 3.08. The predicted molar refractivity (Wildman–Crippen MR) is 62.8 cm³/mol. The monoisotopic (exact) mass is 244 g/mol. The number of aromatic nitrogens is 2. The lowest BCUT2D eigenvalue weighted by Gasteiger charge is -2.05. The number of hydrogen-bond donors (Lipinski definition) is 0. The molecular formula is C13H9FN2O2. The summed E-state index contributed by atoms with van der Waals surface area (Å²) in [6.45, 7) is 0.118. The van der Waals surface area contributed by atoms with Crippen LogP contribution < -0.4 is 9.47 Å². The minimum absolute atomic E-state index is 0.118. The van der Waals surface area contributed by atoms with Gasteiger partial charge < -0.3 is 9.47 Å². The zero-order valence-electron chi connectivity index (χ0n) is 9.34. The fourth-order valence-corrected chi connectivity index (χ4v) is 1.20. The van der Waals surface area contributed by atoms with Gasteiger partial charge in [0, 0.05) is 0 Å². The topological polar surface area (TPSA) is 44.2 Å². The van der Waals surface area contributed by atoms with E-state index in [4.69, 9.17) is 15.9 Å². The summed E-state index contributed by atoms with van der Waals surface area (Å²) in [7, 11) is 0. The van der Waals surface area contributed by atoms with Crippen LogP contribution in [0.2, 0.25) is 0 Å². The molecule has 1 aromatic heterocycles. The van der Waals surface area contributed by atoms with Crippen LogP contribution in [0.1, 0.15) is 0 Å². The highest BCUT2D eigenvalue weighted by molar-refractivity contribution is 5.28. The summed E-state index contributed by atoms with van der Waals surface area (Å²) in [5, 5.41) is 0. The van der Waals surface area contributed by atoms with Crippen molar-refractivity contribution in [1.29, 1.82) is 0 Å². The minimum Gasteiger partial charge on any atom is -0.464 e. The normalized spacial score (nSPS) is 9.56. The van der Waals surface area contributed by atoms with Crippen LogP contribution in [0.3, 0.4) is 0 Å². The van der Waals surface area contributed by atoms with Gasteiger partial charge in [0.2, 0.25) is 11.8 Å². The van der Waals surface area contributed by atoms with Crippen molar-refractivity contribution >= 4 is 0 Å². The zero-order valence-corrected chi connectivity index (χ0v) is 9.34. The standard InChI is InChI=1S/C13H9FN2O2/c1-2-7-17-12-8-13(16-9-15-12)18-11-5-3-10(14)4-6-11/h1,3-6,8-9H,7H2. The van der Waals surface area contributed by atoms with Crippen molar-refractivity contribution < 1.29 is 13.9 Å². The molecule has 0 aliphatic rings. The molecule has 18 heavy (non-hydrogen) atoms. The predicted octanol–water partition coefficient (Wildman–Crippen LogP) is 2.42. The number of benzene rings is 1. The maximum Gasteiger partial charge on any atom is 0.226 e. The van der Waals surface area contributed by atoms with E-state index in [1.165, 1.54) is 36.7 Å². The average Bonchev–Trinajstić information content (AvgIpc) is 2.40. The lowest BCUT2D eigenvalue weighted by molar-refractivity contribution is 0.350. The molecule has 0 spiro atoms. The lowest BCUT2D eigenvalue weighted by Crippen LogP contribution is -1.97. The number of terminal acetylenes is 1. The van der Waals surface area contributed by atoms with Gasteiger partial charge in [-0.15, -0.1) is 6.42 Å². The van der Waals surface area contributed by atoms with E-state index in [-0.39, 0.29) is 12.4 Å². The molecule has 0 unspecified atom stereocenters. The van der Waals surface area contributed by atoms with Crippen molar-refractivity contribution in [2.45, 2.75) is 0 Å². The van der Waals surface area contributed by atoms with E-state index in [2.05, 4.69) is 15.9 Å². The maximum absolute atomic E-state index is 12.7. The van der Waals surface area contributed by atoms with Gasteiger partial charge in [-0.3, -0.25) is 0 Å². The first-order valence-electron chi connectivity index (χ1n) is 5.09. The van der Waals surface area contributed by atoms with Crippen LogP contribution in [-0.2, 0) is 0 Å². The number of rotatable bonds is 4. The average molecular weight is 244 g/mol. The molecule has 0 saturated heterocycles. The second kappa shape index (κ2) is 5.64. The van der Waals surface area contributed by atoms with E-state index in [9.17, 15) is 4.39 Å². The Morgan fingerprint density at radius 2 is 1.89 bits per heavy atom. The second-order valence-electron chi connectivity index (χ2n) is 3.24. The largest absolute Gasteiger partial charge is 0.464 e. The van der Waals surface area contributed by atoms with Crippen molar-refractivity contribution in [2.75, 3.05) is 6.61 Å². The Balaban J connectivity index is 2.09. The van der Waals surface area contributed by atoms with E-state index in [1.807, 2.05) is 0 Å². The van der Waals surface area contributed by atoms with Gasteiger partial charge in [0.1, 0.15) is 17.9 Å². The van der Waals surface area contributed by atoms with E-state index in [1.54, 1.807) is 0 Å². The van der Waals surface area contributed by atoms with Crippen molar-refractivity contribution in [3.8, 4) is 29.9 Å². The number of ether oxygens (including phenoxy) is 2. The van der Waals surface area contributed by atoms with Crippen molar-refractivity contribution in [1.82, 2.24) is 9.97 Å². The number of hydrogen-bond acceptors (Lipinski definition) is 4. The summed E-state index contributed by atoms with van der Waals surface area (Å²) in [5.41, 5.74) is 0. The lowest BCUT2D eigenvalue weighted by atomic mass is 10.3. The van der Waals surface area contributed by atoms with Crippen molar-refractivity contribution in [2.24, 2.45) is 0 Å². The third-order valence-corrected chi connectivity index (χ3v) is 1.96. The summed E-state index contributed by atoms with van der Waals surface area (Å²) >= 11 is 0. The molecule has 1 aromatic carbocycles. The Bertz CT molecular complexity index is 564. The highest BCUT2D eigenvalue weighted by Gasteiger charge is 2.02. The first-order chi connectivity index (χ1) is 8.78. The van der Waals surface area contributed by atoms with Crippen LogP contribution in [0.25, 0.3) is 0 Å². The molecule has 4 nitrogen and oxygen atoms in total. The second-order valence-corrected chi connectivity index (χ2v) is 3.24. The third kappa shape index (κ3) is 3.19. The quantitative estimate of drug-likeness (QED) is 0.775. The van der Waals surface area contributed by atoms with Crippen LogP contribution in [0.15, 0.2) is 36.7 Å². The van der Waals surface area contributed by atoms with Gasteiger partial charge in [-0.1, -0.05) is 5.92 Å². The molecule has 0 N–H and O–H groups in total. The number of halogens is 1. The molecule has 90 valence electrons. The molecule has 1 heterocycles. The molecule has 2 aromatic rings. The highest BCUT2D eigenvalue weighted by Crippen LogP contribution is 2.21. The van der Waals surface area contributed by atoms with E-state index < -0.39 is 0 Å². The summed E-state index contributed by atoms with van der Waals surface area (Å²) in [6, 6.07) is 7.10. The summed E-state index contributed by atoms with van der Waals surface area (Å²) in [6.07, 6.45) is 6.36. The van der Waals surface area contributed by atoms with Crippen molar-refractivity contribution in [3.05, 3.63) is 42.5 Å². The van der Waals surface area contributed by atoms with Crippen molar-refractivity contribution in [3.63, 3.8) is 0 Å². The Kier molecular flexibility index (Phi) is 3.72.